The minimum absolute atomic E-state index is 0.526. The van der Waals surface area contributed by atoms with Crippen LogP contribution in [0.5, 0.6) is 0 Å². The Hall–Kier alpha value is -2.57. The Bertz CT molecular complexity index is 1280. The van der Waals surface area contributed by atoms with Crippen molar-refractivity contribution in [1.82, 2.24) is 15.0 Å². The van der Waals surface area contributed by atoms with Gasteiger partial charge in [-0.25, -0.2) is 9.97 Å². The molecule has 0 saturated carbocycles. The summed E-state index contributed by atoms with van der Waals surface area (Å²) in [6.45, 7) is 2.13. The molecule has 4 heterocycles. The molecular weight excluding hydrogens is 492 g/mol. The standard InChI is InChI=1S/C23H16Br2N4/c1-23(18-7-3-9-20(25)28-18)13-16(17-6-2-8-19(24)27-17)15-11-10-14-5-4-12-26-21(14)22(15)29-23/h2-13,29H,1H3/t23-/m0/s1. The Balaban J connectivity index is 1.81. The van der Waals surface area contributed by atoms with Gasteiger partial charge in [-0.05, 0) is 75.2 Å². The zero-order valence-corrected chi connectivity index (χ0v) is 18.7. The van der Waals surface area contributed by atoms with E-state index < -0.39 is 5.54 Å². The summed E-state index contributed by atoms with van der Waals surface area (Å²) in [5.41, 5.74) is 5.35. The van der Waals surface area contributed by atoms with Crippen LogP contribution in [0, 0.1) is 0 Å². The predicted octanol–water partition coefficient (Wildman–Crippen LogP) is 6.32. The molecular formula is C23H16Br2N4. The highest BCUT2D eigenvalue weighted by Crippen LogP contribution is 2.43. The summed E-state index contributed by atoms with van der Waals surface area (Å²) in [4.78, 5) is 14.1. The first kappa shape index (κ1) is 18.5. The maximum atomic E-state index is 4.73. The van der Waals surface area contributed by atoms with E-state index in [4.69, 9.17) is 9.97 Å². The van der Waals surface area contributed by atoms with Gasteiger partial charge in [0.25, 0.3) is 0 Å². The minimum atomic E-state index is -0.526. The number of hydrogen-bond acceptors (Lipinski definition) is 4. The number of aromatic nitrogens is 3. The van der Waals surface area contributed by atoms with Crippen LogP contribution >= 0.6 is 31.9 Å². The van der Waals surface area contributed by atoms with E-state index in [0.717, 1.165) is 48.3 Å². The van der Waals surface area contributed by atoms with Gasteiger partial charge in [0.05, 0.1) is 28.1 Å². The lowest BCUT2D eigenvalue weighted by Gasteiger charge is -2.35. The van der Waals surface area contributed by atoms with Crippen molar-refractivity contribution in [2.24, 2.45) is 0 Å². The first-order chi connectivity index (χ1) is 14.0. The molecule has 3 aromatic heterocycles. The Morgan fingerprint density at radius 3 is 2.45 bits per heavy atom. The lowest BCUT2D eigenvalue weighted by Crippen LogP contribution is -2.34. The van der Waals surface area contributed by atoms with Crippen LogP contribution in [-0.4, -0.2) is 15.0 Å². The van der Waals surface area contributed by atoms with Crippen LogP contribution in [0.4, 0.5) is 5.69 Å². The average molecular weight is 508 g/mol. The number of pyridine rings is 3. The van der Waals surface area contributed by atoms with Gasteiger partial charge in [0, 0.05) is 22.7 Å². The second-order valence-electron chi connectivity index (χ2n) is 7.14. The molecule has 0 fully saturated rings. The summed E-state index contributed by atoms with van der Waals surface area (Å²) in [5.74, 6) is 0. The van der Waals surface area contributed by atoms with E-state index in [1.54, 1.807) is 0 Å². The molecule has 1 N–H and O–H groups in total. The SMILES string of the molecule is C[C@@]1(c2cccc(Br)n2)C=C(c2cccc(Br)n2)c2ccc3cccnc3c2N1. The summed E-state index contributed by atoms with van der Waals surface area (Å²) in [6, 6.07) is 20.2. The van der Waals surface area contributed by atoms with E-state index in [9.17, 15) is 0 Å². The number of benzene rings is 1. The van der Waals surface area contributed by atoms with Crippen LogP contribution in [0.2, 0.25) is 0 Å². The predicted molar refractivity (Wildman–Crippen MR) is 124 cm³/mol. The Kier molecular flexibility index (Phi) is 4.48. The Morgan fingerprint density at radius 2 is 1.66 bits per heavy atom. The molecule has 0 aliphatic carbocycles. The Morgan fingerprint density at radius 1 is 0.862 bits per heavy atom. The fourth-order valence-electron chi connectivity index (χ4n) is 3.76. The third-order valence-electron chi connectivity index (χ3n) is 5.12. The summed E-state index contributed by atoms with van der Waals surface area (Å²) in [7, 11) is 0. The van der Waals surface area contributed by atoms with E-state index in [1.807, 2.05) is 48.7 Å². The van der Waals surface area contributed by atoms with Crippen LogP contribution in [0.15, 0.2) is 82.1 Å². The van der Waals surface area contributed by atoms with Gasteiger partial charge in [-0.1, -0.05) is 30.3 Å². The minimum Gasteiger partial charge on any atom is -0.369 e. The highest BCUT2D eigenvalue weighted by molar-refractivity contribution is 9.10. The monoisotopic (exact) mass is 506 g/mol. The highest BCUT2D eigenvalue weighted by Gasteiger charge is 2.34. The maximum absolute atomic E-state index is 4.73. The van der Waals surface area contributed by atoms with Gasteiger partial charge < -0.3 is 5.32 Å². The van der Waals surface area contributed by atoms with Crippen molar-refractivity contribution in [1.29, 1.82) is 0 Å². The van der Waals surface area contributed by atoms with E-state index >= 15 is 0 Å². The molecule has 1 aliphatic rings. The van der Waals surface area contributed by atoms with Crippen LogP contribution in [0.1, 0.15) is 23.9 Å². The number of hydrogen-bond donors (Lipinski definition) is 1. The lowest BCUT2D eigenvalue weighted by molar-refractivity contribution is 0.657. The highest BCUT2D eigenvalue weighted by atomic mass is 79.9. The lowest BCUT2D eigenvalue weighted by atomic mass is 9.84. The van der Waals surface area contributed by atoms with Crippen LogP contribution in [0.25, 0.3) is 16.5 Å². The number of fused-ring (bicyclic) bond motifs is 3. The first-order valence-electron chi connectivity index (χ1n) is 9.19. The molecule has 1 atom stereocenters. The van der Waals surface area contributed by atoms with Crippen LogP contribution < -0.4 is 5.32 Å². The first-order valence-corrected chi connectivity index (χ1v) is 10.8. The fourth-order valence-corrected chi connectivity index (χ4v) is 4.45. The average Bonchev–Trinajstić information content (AvgIpc) is 2.73. The maximum Gasteiger partial charge on any atom is 0.106 e. The van der Waals surface area contributed by atoms with Gasteiger partial charge in [0.2, 0.25) is 0 Å². The van der Waals surface area contributed by atoms with Crippen LogP contribution in [0.3, 0.4) is 0 Å². The van der Waals surface area contributed by atoms with Crippen molar-refractivity contribution < 1.29 is 0 Å². The molecule has 142 valence electrons. The topological polar surface area (TPSA) is 50.7 Å². The fraction of sp³-hybridized carbons (Fsp3) is 0.0870. The van der Waals surface area contributed by atoms with Crippen molar-refractivity contribution in [2.45, 2.75) is 12.5 Å². The van der Waals surface area contributed by atoms with E-state index in [0.29, 0.717) is 0 Å². The van der Waals surface area contributed by atoms with Gasteiger partial charge >= 0.3 is 0 Å². The number of anilines is 1. The molecule has 5 rings (SSSR count). The molecule has 0 unspecified atom stereocenters. The van der Waals surface area contributed by atoms with E-state index in [1.165, 1.54) is 0 Å². The largest absolute Gasteiger partial charge is 0.369 e. The van der Waals surface area contributed by atoms with Gasteiger partial charge in [0.1, 0.15) is 9.21 Å². The van der Waals surface area contributed by atoms with Gasteiger partial charge in [-0.3, -0.25) is 4.98 Å². The summed E-state index contributed by atoms with van der Waals surface area (Å²) < 4.78 is 1.60. The normalized spacial score (nSPS) is 18.1. The molecule has 0 spiro atoms. The van der Waals surface area contributed by atoms with Gasteiger partial charge in [-0.15, -0.1) is 0 Å². The molecule has 29 heavy (non-hydrogen) atoms. The van der Waals surface area contributed by atoms with Gasteiger partial charge in [0.15, 0.2) is 0 Å². The van der Waals surface area contributed by atoms with Crippen molar-refractivity contribution in [2.75, 3.05) is 5.32 Å². The zero-order valence-electron chi connectivity index (χ0n) is 15.5. The molecule has 0 amide bonds. The molecule has 0 radical (unpaired) electrons. The van der Waals surface area contributed by atoms with Crippen molar-refractivity contribution in [3.63, 3.8) is 0 Å². The smallest absolute Gasteiger partial charge is 0.106 e. The van der Waals surface area contributed by atoms with E-state index in [-0.39, 0.29) is 0 Å². The second-order valence-corrected chi connectivity index (χ2v) is 8.76. The van der Waals surface area contributed by atoms with Crippen molar-refractivity contribution >= 4 is 54.0 Å². The number of halogens is 2. The summed E-state index contributed by atoms with van der Waals surface area (Å²) in [5, 5.41) is 4.80. The molecule has 1 aromatic carbocycles. The summed E-state index contributed by atoms with van der Waals surface area (Å²) >= 11 is 7.01. The van der Waals surface area contributed by atoms with E-state index in [2.05, 4.69) is 73.4 Å². The number of nitrogens with zero attached hydrogens (tertiary/aromatic N) is 3. The quantitative estimate of drug-likeness (QED) is 0.322. The van der Waals surface area contributed by atoms with Crippen molar-refractivity contribution in [3.8, 4) is 0 Å². The Labute approximate surface area is 185 Å². The molecule has 4 nitrogen and oxygen atoms in total. The molecule has 1 aliphatic heterocycles. The molecule has 0 saturated heterocycles. The zero-order chi connectivity index (χ0) is 20.0. The second kappa shape index (κ2) is 7.04. The molecule has 0 bridgehead atoms. The molecule has 6 heteroatoms. The van der Waals surface area contributed by atoms with Gasteiger partial charge in [-0.2, -0.15) is 0 Å². The third kappa shape index (κ3) is 3.26. The summed E-state index contributed by atoms with van der Waals surface area (Å²) in [6.07, 6.45) is 4.03. The molecule has 4 aromatic rings. The van der Waals surface area contributed by atoms with Crippen LogP contribution in [-0.2, 0) is 5.54 Å². The number of rotatable bonds is 2. The van der Waals surface area contributed by atoms with Crippen molar-refractivity contribution in [3.05, 3.63) is 99.1 Å². The number of nitrogens with one attached hydrogen (secondary N) is 1. The third-order valence-corrected chi connectivity index (χ3v) is 6.00.